The lowest BCUT2D eigenvalue weighted by Gasteiger charge is -2.14. The molecule has 88 valence electrons. The highest BCUT2D eigenvalue weighted by atomic mass is 19.1. The molecule has 1 unspecified atom stereocenters. The van der Waals surface area contributed by atoms with E-state index in [1.165, 1.54) is 12.3 Å². The fourth-order valence-electron chi connectivity index (χ4n) is 1.50. The molecule has 0 aliphatic carbocycles. The van der Waals surface area contributed by atoms with Gasteiger partial charge in [-0.3, -0.25) is 0 Å². The maximum Gasteiger partial charge on any atom is 0.404 e. The van der Waals surface area contributed by atoms with Gasteiger partial charge in [-0.05, 0) is 30.0 Å². The van der Waals surface area contributed by atoms with Crippen LogP contribution in [0.4, 0.5) is 9.18 Å². The number of nitrogens with one attached hydrogen (secondary N) is 1. The summed E-state index contributed by atoms with van der Waals surface area (Å²) in [4.78, 5) is 13.8. The Morgan fingerprint density at radius 3 is 3.00 bits per heavy atom. The predicted molar refractivity (Wildman–Crippen MR) is 57.7 cm³/mol. The number of hydrogen-bond acceptors (Lipinski definition) is 2. The smallest absolute Gasteiger partial charge is 0.404 e. The summed E-state index contributed by atoms with van der Waals surface area (Å²) in [5, 5.41) is 10.8. The maximum atomic E-state index is 12.8. The van der Waals surface area contributed by atoms with Gasteiger partial charge in [-0.1, -0.05) is 13.3 Å². The highest BCUT2D eigenvalue weighted by Gasteiger charge is 2.09. The van der Waals surface area contributed by atoms with E-state index in [0.29, 0.717) is 13.0 Å². The summed E-state index contributed by atoms with van der Waals surface area (Å²) in [6.07, 6.45) is 1.88. The Labute approximate surface area is 93.5 Å². The summed E-state index contributed by atoms with van der Waals surface area (Å²) in [6, 6.07) is 3.12. The van der Waals surface area contributed by atoms with Crippen LogP contribution in [-0.2, 0) is 6.42 Å². The number of hydrogen-bond donors (Lipinski definition) is 2. The molecule has 2 N–H and O–H groups in total. The summed E-state index contributed by atoms with van der Waals surface area (Å²) >= 11 is 0. The minimum absolute atomic E-state index is 0.179. The van der Waals surface area contributed by atoms with Crippen molar-refractivity contribution in [1.29, 1.82) is 0 Å². The molecule has 0 aliphatic rings. The summed E-state index contributed by atoms with van der Waals surface area (Å²) in [6.45, 7) is 2.36. The maximum absolute atomic E-state index is 12.8. The third-order valence-electron chi connectivity index (χ3n) is 2.43. The first kappa shape index (κ1) is 12.4. The Morgan fingerprint density at radius 1 is 1.69 bits per heavy atom. The van der Waals surface area contributed by atoms with Crippen LogP contribution in [-0.4, -0.2) is 22.7 Å². The van der Waals surface area contributed by atoms with Crippen molar-refractivity contribution in [2.24, 2.45) is 5.92 Å². The second-order valence-electron chi connectivity index (χ2n) is 3.65. The largest absolute Gasteiger partial charge is 0.465 e. The Balaban J connectivity index is 2.52. The Hall–Kier alpha value is -1.65. The monoisotopic (exact) mass is 226 g/mol. The second kappa shape index (κ2) is 6.05. The molecule has 4 nitrogen and oxygen atoms in total. The second-order valence-corrected chi connectivity index (χ2v) is 3.65. The fourth-order valence-corrected chi connectivity index (χ4v) is 1.50. The fraction of sp³-hybridized carbons (Fsp3) is 0.455. The van der Waals surface area contributed by atoms with Crippen molar-refractivity contribution in [3.8, 4) is 0 Å². The van der Waals surface area contributed by atoms with Crippen molar-refractivity contribution in [1.82, 2.24) is 10.3 Å². The standard InChI is InChI=1S/C11H15FN2O2/c1-2-8(7-14-11(15)16)5-9-3-4-13-10(12)6-9/h3-4,6,8,14H,2,5,7H2,1H3,(H,15,16). The first-order valence-corrected chi connectivity index (χ1v) is 5.19. The van der Waals surface area contributed by atoms with E-state index < -0.39 is 12.0 Å². The van der Waals surface area contributed by atoms with Gasteiger partial charge in [0, 0.05) is 12.7 Å². The molecule has 1 amide bonds. The third-order valence-corrected chi connectivity index (χ3v) is 2.43. The lowest BCUT2D eigenvalue weighted by molar-refractivity contribution is 0.192. The first-order valence-electron chi connectivity index (χ1n) is 5.19. The average Bonchev–Trinajstić information content (AvgIpc) is 2.24. The van der Waals surface area contributed by atoms with E-state index in [9.17, 15) is 9.18 Å². The van der Waals surface area contributed by atoms with Crippen LogP contribution in [0, 0.1) is 11.9 Å². The summed E-state index contributed by atoms with van der Waals surface area (Å²) in [5.41, 5.74) is 0.839. The van der Waals surface area contributed by atoms with Crippen LogP contribution in [0.25, 0.3) is 0 Å². The van der Waals surface area contributed by atoms with Crippen molar-refractivity contribution in [3.63, 3.8) is 0 Å². The summed E-state index contributed by atoms with van der Waals surface area (Å²) in [7, 11) is 0. The van der Waals surface area contributed by atoms with Gasteiger partial charge in [0.05, 0.1) is 0 Å². The van der Waals surface area contributed by atoms with Crippen molar-refractivity contribution < 1.29 is 14.3 Å². The molecule has 0 radical (unpaired) electrons. The molecule has 1 heterocycles. The van der Waals surface area contributed by atoms with E-state index in [2.05, 4.69) is 10.3 Å². The van der Waals surface area contributed by atoms with Gasteiger partial charge in [0.25, 0.3) is 0 Å². The van der Waals surface area contributed by atoms with Crippen molar-refractivity contribution in [3.05, 3.63) is 29.8 Å². The number of carboxylic acid groups (broad SMARTS) is 1. The molecule has 0 saturated heterocycles. The van der Waals surface area contributed by atoms with Gasteiger partial charge in [0.15, 0.2) is 0 Å². The Bertz CT molecular complexity index is 358. The van der Waals surface area contributed by atoms with Crippen molar-refractivity contribution in [2.45, 2.75) is 19.8 Å². The van der Waals surface area contributed by atoms with E-state index in [-0.39, 0.29) is 5.92 Å². The van der Waals surface area contributed by atoms with Crippen LogP contribution in [0.15, 0.2) is 18.3 Å². The molecular weight excluding hydrogens is 211 g/mol. The number of amides is 1. The molecule has 0 aliphatic heterocycles. The van der Waals surface area contributed by atoms with E-state index in [4.69, 9.17) is 5.11 Å². The SMILES string of the molecule is CCC(CNC(=O)O)Cc1ccnc(F)c1. The zero-order valence-electron chi connectivity index (χ0n) is 9.11. The molecule has 1 rings (SSSR count). The number of rotatable bonds is 5. The van der Waals surface area contributed by atoms with Crippen LogP contribution in [0.3, 0.4) is 0 Å². The number of nitrogens with zero attached hydrogens (tertiary/aromatic N) is 1. The number of pyridine rings is 1. The minimum atomic E-state index is -1.03. The molecule has 0 aromatic carbocycles. The number of halogens is 1. The highest BCUT2D eigenvalue weighted by Crippen LogP contribution is 2.11. The normalized spacial score (nSPS) is 12.1. The zero-order valence-corrected chi connectivity index (χ0v) is 9.11. The Kier molecular flexibility index (Phi) is 4.69. The number of carbonyl (C=O) groups is 1. The molecule has 0 fully saturated rings. The molecule has 0 saturated carbocycles. The van der Waals surface area contributed by atoms with E-state index in [0.717, 1.165) is 12.0 Å². The van der Waals surface area contributed by atoms with Gasteiger partial charge in [-0.2, -0.15) is 4.39 Å². The topological polar surface area (TPSA) is 62.2 Å². The van der Waals surface area contributed by atoms with Crippen LogP contribution < -0.4 is 5.32 Å². The molecule has 0 spiro atoms. The summed E-state index contributed by atoms with van der Waals surface area (Å²) < 4.78 is 12.8. The average molecular weight is 226 g/mol. The molecule has 1 aromatic rings. The molecule has 5 heteroatoms. The minimum Gasteiger partial charge on any atom is -0.465 e. The van der Waals surface area contributed by atoms with Gasteiger partial charge >= 0.3 is 6.09 Å². The molecular formula is C11H15FN2O2. The first-order chi connectivity index (χ1) is 7.61. The van der Waals surface area contributed by atoms with Crippen LogP contribution >= 0.6 is 0 Å². The summed E-state index contributed by atoms with van der Waals surface area (Å²) in [5.74, 6) is -0.323. The van der Waals surface area contributed by atoms with Crippen molar-refractivity contribution >= 4 is 6.09 Å². The predicted octanol–water partition coefficient (Wildman–Crippen LogP) is 2.06. The van der Waals surface area contributed by atoms with Gasteiger partial charge < -0.3 is 10.4 Å². The van der Waals surface area contributed by atoms with E-state index in [1.54, 1.807) is 6.07 Å². The quantitative estimate of drug-likeness (QED) is 0.755. The van der Waals surface area contributed by atoms with E-state index in [1.807, 2.05) is 6.92 Å². The van der Waals surface area contributed by atoms with Gasteiger partial charge in [-0.25, -0.2) is 9.78 Å². The van der Waals surface area contributed by atoms with E-state index >= 15 is 0 Å². The van der Waals surface area contributed by atoms with Crippen LogP contribution in [0.5, 0.6) is 0 Å². The van der Waals surface area contributed by atoms with Gasteiger partial charge in [0.2, 0.25) is 5.95 Å². The molecule has 16 heavy (non-hydrogen) atoms. The highest BCUT2D eigenvalue weighted by molar-refractivity contribution is 5.64. The Morgan fingerprint density at radius 2 is 2.44 bits per heavy atom. The zero-order chi connectivity index (χ0) is 12.0. The molecule has 1 aromatic heterocycles. The molecule has 0 bridgehead atoms. The lowest BCUT2D eigenvalue weighted by atomic mass is 9.97. The van der Waals surface area contributed by atoms with Gasteiger partial charge in [0.1, 0.15) is 0 Å². The van der Waals surface area contributed by atoms with Gasteiger partial charge in [-0.15, -0.1) is 0 Å². The van der Waals surface area contributed by atoms with Crippen molar-refractivity contribution in [2.75, 3.05) is 6.54 Å². The third kappa shape index (κ3) is 4.25. The molecule has 1 atom stereocenters. The lowest BCUT2D eigenvalue weighted by Crippen LogP contribution is -2.28. The van der Waals surface area contributed by atoms with Crippen LogP contribution in [0.2, 0.25) is 0 Å². The number of aromatic nitrogens is 1. The van der Waals surface area contributed by atoms with Crippen LogP contribution in [0.1, 0.15) is 18.9 Å².